The number of aliphatic hydroxyl groups is 1. The maximum Gasteiger partial charge on any atom is 0.177 e. The van der Waals surface area contributed by atoms with Gasteiger partial charge in [0.2, 0.25) is 0 Å². The van der Waals surface area contributed by atoms with Gasteiger partial charge in [-0.1, -0.05) is 24.3 Å². The van der Waals surface area contributed by atoms with Crippen molar-refractivity contribution in [1.29, 1.82) is 0 Å². The molecule has 2 aromatic heterocycles. The van der Waals surface area contributed by atoms with Crippen LogP contribution >= 0.6 is 0 Å². The number of anilines is 1. The molecule has 0 bridgehead atoms. The number of hydrogen-bond acceptors (Lipinski definition) is 5. The molecule has 2 N–H and O–H groups in total. The molecule has 152 valence electrons. The Bertz CT molecular complexity index is 1190. The van der Waals surface area contributed by atoms with Crippen molar-refractivity contribution in [3.05, 3.63) is 72.2 Å². The molecule has 0 saturated heterocycles. The molecule has 0 atom stereocenters. The minimum Gasteiger partial charge on any atom is -0.389 e. The molecule has 0 saturated carbocycles. The summed E-state index contributed by atoms with van der Waals surface area (Å²) in [5.74, 6) is -0.321. The van der Waals surface area contributed by atoms with Crippen molar-refractivity contribution in [2.24, 2.45) is 0 Å². The van der Waals surface area contributed by atoms with Gasteiger partial charge >= 0.3 is 0 Å². The first-order valence-electron chi connectivity index (χ1n) is 9.51. The number of halogens is 1. The molecule has 4 aromatic rings. The first kappa shape index (κ1) is 19.7. The lowest BCUT2D eigenvalue weighted by Crippen LogP contribution is -2.29. The maximum atomic E-state index is 13.4. The molecule has 0 fully saturated rings. The van der Waals surface area contributed by atoms with Crippen LogP contribution in [0.3, 0.4) is 0 Å². The molecule has 0 unspecified atom stereocenters. The number of aromatic nitrogens is 3. The van der Waals surface area contributed by atoms with Gasteiger partial charge in [-0.15, -0.1) is 0 Å². The highest BCUT2D eigenvalue weighted by atomic mass is 19.1. The number of benzene rings is 2. The molecule has 0 aliphatic heterocycles. The minimum atomic E-state index is -0.920. The molecule has 7 heteroatoms. The van der Waals surface area contributed by atoms with Crippen molar-refractivity contribution in [1.82, 2.24) is 14.6 Å². The van der Waals surface area contributed by atoms with Crippen LogP contribution in [-0.4, -0.2) is 38.1 Å². The van der Waals surface area contributed by atoms with Crippen molar-refractivity contribution in [3.63, 3.8) is 0 Å². The molecule has 0 radical (unpaired) electrons. The minimum absolute atomic E-state index is 0.311. The summed E-state index contributed by atoms with van der Waals surface area (Å²) in [5, 5.41) is 18.1. The number of rotatable bonds is 6. The second kappa shape index (κ2) is 7.68. The third kappa shape index (κ3) is 4.06. The van der Waals surface area contributed by atoms with Crippen molar-refractivity contribution in [2.75, 3.05) is 11.9 Å². The smallest absolute Gasteiger partial charge is 0.177 e. The monoisotopic (exact) mass is 404 g/mol. The number of fused-ring (bicyclic) bond motifs is 1. The van der Waals surface area contributed by atoms with Crippen molar-refractivity contribution >= 4 is 17.6 Å². The number of carbonyl (C=O) groups is 1. The summed E-state index contributed by atoms with van der Waals surface area (Å²) in [6.07, 6.45) is 2.50. The Morgan fingerprint density at radius 1 is 1.10 bits per heavy atom. The zero-order valence-electron chi connectivity index (χ0n) is 16.6. The first-order chi connectivity index (χ1) is 14.3. The van der Waals surface area contributed by atoms with Crippen molar-refractivity contribution < 1.29 is 14.3 Å². The van der Waals surface area contributed by atoms with Gasteiger partial charge in [-0.3, -0.25) is 4.79 Å². The van der Waals surface area contributed by atoms with E-state index in [0.29, 0.717) is 29.1 Å². The predicted molar refractivity (Wildman–Crippen MR) is 114 cm³/mol. The number of aldehydes is 1. The van der Waals surface area contributed by atoms with Crippen LogP contribution in [0.25, 0.3) is 28.2 Å². The third-order valence-corrected chi connectivity index (χ3v) is 4.66. The molecule has 0 aliphatic rings. The fraction of sp³-hybridized carbons (Fsp3) is 0.174. The van der Waals surface area contributed by atoms with E-state index in [-0.39, 0.29) is 5.82 Å². The van der Waals surface area contributed by atoms with Crippen molar-refractivity contribution in [3.8, 4) is 22.5 Å². The molecule has 0 amide bonds. The van der Waals surface area contributed by atoms with Gasteiger partial charge in [0.25, 0.3) is 0 Å². The van der Waals surface area contributed by atoms with Gasteiger partial charge < -0.3 is 10.4 Å². The molecule has 0 aliphatic carbocycles. The quantitative estimate of drug-likeness (QED) is 0.471. The SMILES string of the molecule is CC(C)(O)CNc1cc(-c2ccc(F)cc2)nn2c(-c3ccc(C=O)cc3)cnc12. The van der Waals surface area contributed by atoms with Crippen LogP contribution in [0.4, 0.5) is 10.1 Å². The van der Waals surface area contributed by atoms with Gasteiger partial charge in [-0.05, 0) is 44.2 Å². The predicted octanol–water partition coefficient (Wildman–Crippen LogP) is 4.20. The van der Waals surface area contributed by atoms with E-state index in [4.69, 9.17) is 5.10 Å². The maximum absolute atomic E-state index is 13.4. The Hall–Kier alpha value is -3.58. The molecular weight excluding hydrogens is 383 g/mol. The first-order valence-corrected chi connectivity index (χ1v) is 9.51. The summed E-state index contributed by atoms with van der Waals surface area (Å²) in [6, 6.07) is 15.1. The fourth-order valence-electron chi connectivity index (χ4n) is 3.10. The Kier molecular flexibility index (Phi) is 5.05. The van der Waals surface area contributed by atoms with E-state index in [9.17, 15) is 14.3 Å². The van der Waals surface area contributed by atoms with Crippen molar-refractivity contribution in [2.45, 2.75) is 19.4 Å². The molecule has 6 nitrogen and oxygen atoms in total. The number of hydrogen-bond donors (Lipinski definition) is 2. The van der Waals surface area contributed by atoms with Crippen LogP contribution in [0.2, 0.25) is 0 Å². The third-order valence-electron chi connectivity index (χ3n) is 4.66. The number of nitrogens with one attached hydrogen (secondary N) is 1. The van der Waals surface area contributed by atoms with Crippen LogP contribution in [0.1, 0.15) is 24.2 Å². The Morgan fingerprint density at radius 2 is 1.77 bits per heavy atom. The summed E-state index contributed by atoms with van der Waals surface area (Å²) in [7, 11) is 0. The topological polar surface area (TPSA) is 79.5 Å². The number of imidazole rings is 1. The fourth-order valence-corrected chi connectivity index (χ4v) is 3.10. The van der Waals surface area contributed by atoms with Crippen LogP contribution in [0.15, 0.2) is 60.8 Å². The standard InChI is InChI=1S/C23H21FN4O2/c1-23(2,30)14-26-20-11-19(16-7-9-18(24)10-8-16)27-28-21(12-25-22(20)28)17-5-3-15(13-29)4-6-17/h3-13,26,30H,14H2,1-2H3. The highest BCUT2D eigenvalue weighted by Crippen LogP contribution is 2.28. The average molecular weight is 404 g/mol. The van der Waals surface area contributed by atoms with E-state index >= 15 is 0 Å². The normalized spacial score (nSPS) is 11.6. The Balaban J connectivity index is 1.87. The Morgan fingerprint density at radius 3 is 2.40 bits per heavy atom. The van der Waals surface area contributed by atoms with Gasteiger partial charge in [-0.25, -0.2) is 13.9 Å². The van der Waals surface area contributed by atoms with Gasteiger partial charge in [0.05, 0.1) is 28.9 Å². The molecule has 2 heterocycles. The average Bonchev–Trinajstić information content (AvgIpc) is 3.16. The summed E-state index contributed by atoms with van der Waals surface area (Å²) >= 11 is 0. The van der Waals surface area contributed by atoms with Gasteiger partial charge in [0, 0.05) is 23.2 Å². The largest absolute Gasteiger partial charge is 0.389 e. The summed E-state index contributed by atoms with van der Waals surface area (Å²) < 4.78 is 15.1. The molecule has 4 rings (SSSR count). The van der Waals surface area contributed by atoms with E-state index in [1.54, 1.807) is 48.8 Å². The zero-order chi connectivity index (χ0) is 21.3. The van der Waals surface area contributed by atoms with E-state index < -0.39 is 5.60 Å². The lowest BCUT2D eigenvalue weighted by Gasteiger charge is -2.19. The number of nitrogens with zero attached hydrogens (tertiary/aromatic N) is 3. The van der Waals surface area contributed by atoms with Crippen LogP contribution in [0.5, 0.6) is 0 Å². The highest BCUT2D eigenvalue weighted by molar-refractivity contribution is 5.79. The zero-order valence-corrected chi connectivity index (χ0v) is 16.6. The second-order valence-corrected chi connectivity index (χ2v) is 7.73. The highest BCUT2D eigenvalue weighted by Gasteiger charge is 2.17. The summed E-state index contributed by atoms with van der Waals surface area (Å²) in [5.41, 5.74) is 3.94. The number of carbonyl (C=O) groups excluding carboxylic acids is 1. The van der Waals surface area contributed by atoms with E-state index in [1.807, 2.05) is 18.2 Å². The second-order valence-electron chi connectivity index (χ2n) is 7.73. The summed E-state index contributed by atoms with van der Waals surface area (Å²) in [6.45, 7) is 3.74. The van der Waals surface area contributed by atoms with Gasteiger partial charge in [-0.2, -0.15) is 5.10 Å². The molecule has 0 spiro atoms. The molecule has 30 heavy (non-hydrogen) atoms. The Labute approximate surface area is 173 Å². The lowest BCUT2D eigenvalue weighted by molar-refractivity contribution is 0.0945. The van der Waals surface area contributed by atoms with E-state index in [1.165, 1.54) is 12.1 Å². The molecule has 2 aromatic carbocycles. The van der Waals surface area contributed by atoms with Crippen LogP contribution in [0, 0.1) is 5.82 Å². The van der Waals surface area contributed by atoms with Gasteiger partial charge in [0.1, 0.15) is 12.1 Å². The van der Waals surface area contributed by atoms with Crippen LogP contribution < -0.4 is 5.32 Å². The summed E-state index contributed by atoms with van der Waals surface area (Å²) in [4.78, 5) is 15.5. The lowest BCUT2D eigenvalue weighted by atomic mass is 10.1. The van der Waals surface area contributed by atoms with E-state index in [0.717, 1.165) is 23.1 Å². The molecular formula is C23H21FN4O2. The van der Waals surface area contributed by atoms with E-state index in [2.05, 4.69) is 10.3 Å². The van der Waals surface area contributed by atoms with Crippen LogP contribution in [-0.2, 0) is 0 Å². The van der Waals surface area contributed by atoms with Gasteiger partial charge in [0.15, 0.2) is 5.65 Å².